The van der Waals surface area contributed by atoms with Crippen LogP contribution in [-0.2, 0) is 13.9 Å². The molecule has 0 aromatic heterocycles. The Hall–Kier alpha value is -3.52. The predicted octanol–water partition coefficient (Wildman–Crippen LogP) is 4.51. The molecule has 1 aliphatic heterocycles. The van der Waals surface area contributed by atoms with E-state index in [0.717, 1.165) is 27.2 Å². The molecular weight excluding hydrogens is 488 g/mol. The van der Waals surface area contributed by atoms with Crippen LogP contribution in [0.2, 0.25) is 0 Å². The number of halogens is 1. The van der Waals surface area contributed by atoms with E-state index < -0.39 is 32.9 Å². The van der Waals surface area contributed by atoms with Gasteiger partial charge >= 0.3 is 0 Å². The highest BCUT2D eigenvalue weighted by atomic mass is 79.9. The first-order valence-electron chi connectivity index (χ1n) is 10.5. The monoisotopic (exact) mass is 504 g/mol. The first-order valence-corrected chi connectivity index (χ1v) is 11.3. The van der Waals surface area contributed by atoms with Crippen molar-refractivity contribution in [1.29, 1.82) is 0 Å². The van der Waals surface area contributed by atoms with Crippen molar-refractivity contribution in [2.24, 2.45) is 11.8 Å². The predicted molar refractivity (Wildman–Crippen MR) is 124 cm³/mol. The van der Waals surface area contributed by atoms with Crippen molar-refractivity contribution in [2.45, 2.75) is 10.2 Å². The fourth-order valence-corrected chi connectivity index (χ4v) is 7.08. The fraction of sp³-hybridized carbons (Fsp3) is 0.200. The number of hydrogen-bond donors (Lipinski definition) is 0. The number of ether oxygens (including phenoxy) is 1. The molecule has 0 N–H and O–H groups in total. The summed E-state index contributed by atoms with van der Waals surface area (Å²) in [5, 5.41) is 11.8. The van der Waals surface area contributed by atoms with Crippen molar-refractivity contribution in [1.82, 2.24) is 0 Å². The summed E-state index contributed by atoms with van der Waals surface area (Å²) < 4.78 is 4.21. The number of carbonyl (C=O) groups is 2. The lowest BCUT2D eigenvalue weighted by Crippen LogP contribution is -2.50. The molecule has 0 unspecified atom stereocenters. The molecule has 3 aliphatic carbocycles. The van der Waals surface area contributed by atoms with Gasteiger partial charge < -0.3 is 4.74 Å². The minimum absolute atomic E-state index is 0.0335. The van der Waals surface area contributed by atoms with E-state index in [1.807, 2.05) is 48.5 Å². The molecule has 3 aromatic rings. The summed E-state index contributed by atoms with van der Waals surface area (Å²) in [6, 6.07) is 19.8. The molecule has 0 radical (unpaired) electrons. The Morgan fingerprint density at radius 2 is 1.58 bits per heavy atom. The Labute approximate surface area is 197 Å². The highest BCUT2D eigenvalue weighted by Gasteiger charge is 2.68. The van der Waals surface area contributed by atoms with Crippen molar-refractivity contribution in [3.8, 4) is 5.75 Å². The van der Waals surface area contributed by atoms with Gasteiger partial charge in [0.25, 0.3) is 5.69 Å². The van der Waals surface area contributed by atoms with Gasteiger partial charge in [-0.1, -0.05) is 64.5 Å². The number of rotatable bonds is 3. The third-order valence-corrected chi connectivity index (χ3v) is 8.48. The first kappa shape index (κ1) is 20.1. The van der Waals surface area contributed by atoms with Crippen LogP contribution < -0.4 is 9.64 Å². The number of nitrogens with zero attached hydrogens (tertiary/aromatic N) is 2. The second-order valence-electron chi connectivity index (χ2n) is 8.49. The van der Waals surface area contributed by atoms with Gasteiger partial charge in [0.15, 0.2) is 0 Å². The second-order valence-corrected chi connectivity index (χ2v) is 9.74. The van der Waals surface area contributed by atoms with Crippen molar-refractivity contribution in [3.63, 3.8) is 0 Å². The van der Waals surface area contributed by atoms with Gasteiger partial charge in [-0.05, 0) is 34.4 Å². The molecule has 7 nitrogen and oxygen atoms in total. The minimum atomic E-state index is -0.900. The van der Waals surface area contributed by atoms with E-state index in [2.05, 4.69) is 15.9 Å². The van der Waals surface area contributed by atoms with Crippen LogP contribution in [0.25, 0.3) is 0 Å². The van der Waals surface area contributed by atoms with Crippen LogP contribution in [-0.4, -0.2) is 23.8 Å². The highest BCUT2D eigenvalue weighted by Crippen LogP contribution is 2.66. The standard InChI is InChI=1S/C25H17BrN2O5/c1-33-13-10-11-18(19(12-13)28(31)32)27-23(29)21-20-14-6-2-4-8-16(14)25(26,22(21)24(27)30)17-9-5-3-7-15(17)20/h2-12,20-22H,1H3/t20?,21-,22+,25?/m0/s1. The van der Waals surface area contributed by atoms with Crippen molar-refractivity contribution >= 4 is 39.1 Å². The molecule has 33 heavy (non-hydrogen) atoms. The zero-order valence-electron chi connectivity index (χ0n) is 17.4. The number of carbonyl (C=O) groups excluding carboxylic acids is 2. The van der Waals surface area contributed by atoms with Gasteiger partial charge in [0.05, 0.1) is 34.3 Å². The summed E-state index contributed by atoms with van der Waals surface area (Å²) in [5.41, 5.74) is 3.54. The largest absolute Gasteiger partial charge is 0.496 e. The van der Waals surface area contributed by atoms with Crippen LogP contribution >= 0.6 is 15.9 Å². The SMILES string of the molecule is COc1ccc(N2C(=O)[C@H]3C4c5ccccc5C(Br)(c5ccccc54)[C@H]3C2=O)c([N+](=O)[O-])c1. The molecule has 1 saturated heterocycles. The van der Waals surface area contributed by atoms with E-state index >= 15 is 0 Å². The van der Waals surface area contributed by atoms with E-state index in [1.54, 1.807) is 0 Å². The molecule has 2 atom stereocenters. The van der Waals surface area contributed by atoms with Crippen LogP contribution in [0.5, 0.6) is 5.75 Å². The van der Waals surface area contributed by atoms with Crippen LogP contribution in [0.3, 0.4) is 0 Å². The lowest BCUT2D eigenvalue weighted by Gasteiger charge is -2.51. The minimum Gasteiger partial charge on any atom is -0.496 e. The topological polar surface area (TPSA) is 89.8 Å². The number of imide groups is 1. The molecule has 3 aromatic carbocycles. The van der Waals surface area contributed by atoms with E-state index in [-0.39, 0.29) is 23.0 Å². The van der Waals surface area contributed by atoms with Crippen LogP contribution in [0.15, 0.2) is 66.7 Å². The van der Waals surface area contributed by atoms with Gasteiger partial charge in [0.2, 0.25) is 11.8 Å². The molecule has 4 aliphatic rings. The normalized spacial score (nSPS) is 26.6. The lowest BCUT2D eigenvalue weighted by atomic mass is 9.55. The fourth-order valence-electron chi connectivity index (χ4n) is 5.88. The summed E-state index contributed by atoms with van der Waals surface area (Å²) in [4.78, 5) is 40.0. The lowest BCUT2D eigenvalue weighted by molar-refractivity contribution is -0.384. The number of nitro benzene ring substituents is 1. The first-order chi connectivity index (χ1) is 15.9. The molecule has 8 heteroatoms. The zero-order valence-corrected chi connectivity index (χ0v) is 19.0. The van der Waals surface area contributed by atoms with Gasteiger partial charge in [-0.2, -0.15) is 0 Å². The average molecular weight is 505 g/mol. The van der Waals surface area contributed by atoms with Gasteiger partial charge in [0, 0.05) is 5.92 Å². The number of benzene rings is 3. The maximum Gasteiger partial charge on any atom is 0.297 e. The van der Waals surface area contributed by atoms with E-state index in [0.29, 0.717) is 0 Å². The van der Waals surface area contributed by atoms with Crippen LogP contribution in [0.1, 0.15) is 28.2 Å². The Balaban J connectivity index is 1.59. The van der Waals surface area contributed by atoms with Crippen LogP contribution in [0, 0.1) is 22.0 Å². The summed E-state index contributed by atoms with van der Waals surface area (Å²) in [6.45, 7) is 0. The Morgan fingerprint density at radius 1 is 0.970 bits per heavy atom. The van der Waals surface area contributed by atoms with E-state index in [9.17, 15) is 19.7 Å². The number of nitro groups is 1. The molecule has 164 valence electrons. The van der Waals surface area contributed by atoms with Gasteiger partial charge in [-0.15, -0.1) is 0 Å². The molecule has 1 fully saturated rings. The molecule has 0 spiro atoms. The second kappa shape index (κ2) is 6.74. The van der Waals surface area contributed by atoms with Crippen molar-refractivity contribution in [2.75, 3.05) is 12.0 Å². The van der Waals surface area contributed by atoms with Crippen molar-refractivity contribution < 1.29 is 19.2 Å². The molecular formula is C25H17BrN2O5. The molecule has 2 amide bonds. The van der Waals surface area contributed by atoms with Gasteiger partial charge in [0.1, 0.15) is 11.4 Å². The summed E-state index contributed by atoms with van der Waals surface area (Å²) in [7, 11) is 1.40. The van der Waals surface area contributed by atoms with E-state index in [4.69, 9.17) is 4.74 Å². The maximum atomic E-state index is 13.9. The smallest absolute Gasteiger partial charge is 0.297 e. The summed E-state index contributed by atoms with van der Waals surface area (Å²) >= 11 is 3.92. The molecule has 1 heterocycles. The van der Waals surface area contributed by atoms with Gasteiger partial charge in [-0.3, -0.25) is 19.7 Å². The number of methoxy groups -OCH3 is 1. The number of alkyl halides is 1. The Bertz CT molecular complexity index is 1340. The average Bonchev–Trinajstić information content (AvgIpc) is 3.10. The summed E-state index contributed by atoms with van der Waals surface area (Å²) in [6.07, 6.45) is 0. The maximum absolute atomic E-state index is 13.9. The Morgan fingerprint density at radius 3 is 2.15 bits per heavy atom. The van der Waals surface area contributed by atoms with Crippen LogP contribution in [0.4, 0.5) is 11.4 Å². The third-order valence-electron chi connectivity index (χ3n) is 7.13. The Kier molecular flexibility index (Phi) is 4.11. The van der Waals surface area contributed by atoms with Crippen molar-refractivity contribution in [3.05, 3.63) is 99.1 Å². The summed E-state index contributed by atoms with van der Waals surface area (Å²) in [5.74, 6) is -2.27. The molecule has 2 bridgehead atoms. The number of anilines is 1. The molecule has 0 saturated carbocycles. The number of amides is 2. The van der Waals surface area contributed by atoms with E-state index in [1.165, 1.54) is 25.3 Å². The highest BCUT2D eigenvalue weighted by molar-refractivity contribution is 9.09. The quantitative estimate of drug-likeness (QED) is 0.226. The van der Waals surface area contributed by atoms with Gasteiger partial charge in [-0.25, -0.2) is 4.90 Å². The third kappa shape index (κ3) is 2.39. The molecule has 7 rings (SSSR count). The zero-order chi connectivity index (χ0) is 23.1. The number of hydrogen-bond acceptors (Lipinski definition) is 5.